The highest BCUT2D eigenvalue weighted by atomic mass is 35.5. The van der Waals surface area contributed by atoms with Gasteiger partial charge in [-0.25, -0.2) is 9.97 Å². The Bertz CT molecular complexity index is 319. The van der Waals surface area contributed by atoms with Gasteiger partial charge in [-0.05, 0) is 25.8 Å². The molecule has 0 atom stereocenters. The van der Waals surface area contributed by atoms with Gasteiger partial charge >= 0.3 is 0 Å². The Morgan fingerprint density at radius 1 is 1.29 bits per heavy atom. The number of aromatic nitrogens is 2. The summed E-state index contributed by atoms with van der Waals surface area (Å²) < 4.78 is 0. The maximum absolute atomic E-state index is 6.55. The van der Waals surface area contributed by atoms with E-state index in [1.807, 2.05) is 13.0 Å². The lowest BCUT2D eigenvalue weighted by atomic mass is 9.87. The van der Waals surface area contributed by atoms with Crippen LogP contribution in [0, 0.1) is 6.92 Å². The Balaban J connectivity index is 2.28. The first-order valence-electron chi connectivity index (χ1n) is 5.20. The van der Waals surface area contributed by atoms with Crippen molar-refractivity contribution < 1.29 is 0 Å². The number of nitrogens with zero attached hydrogens (tertiary/aromatic N) is 2. The summed E-state index contributed by atoms with van der Waals surface area (Å²) in [6.07, 6.45) is 7.51. The van der Waals surface area contributed by atoms with E-state index in [1.54, 1.807) is 6.20 Å². The van der Waals surface area contributed by atoms with Crippen molar-refractivity contribution in [3.05, 3.63) is 23.8 Å². The van der Waals surface area contributed by atoms with Crippen molar-refractivity contribution in [3.8, 4) is 0 Å². The van der Waals surface area contributed by atoms with Crippen LogP contribution in [0.4, 0.5) is 0 Å². The third-order valence-electron chi connectivity index (χ3n) is 2.84. The van der Waals surface area contributed by atoms with Crippen LogP contribution in [-0.4, -0.2) is 9.97 Å². The molecule has 3 heteroatoms. The van der Waals surface area contributed by atoms with E-state index in [4.69, 9.17) is 11.6 Å². The summed E-state index contributed by atoms with van der Waals surface area (Å²) in [5, 5.41) is 0. The van der Waals surface area contributed by atoms with Crippen LogP contribution in [0.3, 0.4) is 0 Å². The van der Waals surface area contributed by atoms with Crippen LogP contribution in [0.25, 0.3) is 0 Å². The fourth-order valence-corrected chi connectivity index (χ4v) is 2.36. The number of aryl methyl sites for hydroxylation is 1. The molecule has 1 heterocycles. The van der Waals surface area contributed by atoms with Gasteiger partial charge in [0.05, 0.1) is 0 Å². The summed E-state index contributed by atoms with van der Waals surface area (Å²) >= 11 is 6.55. The van der Waals surface area contributed by atoms with Crippen LogP contribution in [0.1, 0.15) is 43.6 Å². The first-order chi connectivity index (χ1) is 6.71. The predicted octanol–water partition coefficient (Wildman–Crippen LogP) is 3.18. The summed E-state index contributed by atoms with van der Waals surface area (Å²) in [6, 6.07) is 1.91. The maximum atomic E-state index is 6.55. The molecule has 1 saturated carbocycles. The van der Waals surface area contributed by atoms with Gasteiger partial charge in [-0.2, -0.15) is 0 Å². The van der Waals surface area contributed by atoms with Gasteiger partial charge in [-0.15, -0.1) is 11.6 Å². The summed E-state index contributed by atoms with van der Waals surface area (Å²) in [5.41, 5.74) is 1.00. The van der Waals surface area contributed by atoms with E-state index in [0.29, 0.717) is 0 Å². The topological polar surface area (TPSA) is 25.8 Å². The van der Waals surface area contributed by atoms with Crippen LogP contribution in [-0.2, 0) is 4.87 Å². The second kappa shape index (κ2) is 3.85. The van der Waals surface area contributed by atoms with Crippen LogP contribution >= 0.6 is 11.6 Å². The fraction of sp³-hybridized carbons (Fsp3) is 0.636. The smallest absolute Gasteiger partial charge is 0.149 e. The second-order valence-corrected chi connectivity index (χ2v) is 4.77. The van der Waals surface area contributed by atoms with E-state index in [1.165, 1.54) is 19.3 Å². The summed E-state index contributed by atoms with van der Waals surface area (Å²) in [4.78, 5) is 8.43. The minimum Gasteiger partial charge on any atom is -0.239 e. The molecule has 1 aromatic heterocycles. The molecule has 1 aliphatic carbocycles. The molecule has 1 aromatic rings. The van der Waals surface area contributed by atoms with Gasteiger partial charge in [0.15, 0.2) is 0 Å². The zero-order valence-corrected chi connectivity index (χ0v) is 9.22. The standard InChI is InChI=1S/C11H15ClN2/c1-9-5-8-13-10(14-9)11(12)6-3-2-4-7-11/h5,8H,2-4,6-7H2,1H3. The number of hydrogen-bond acceptors (Lipinski definition) is 2. The average Bonchev–Trinajstić information content (AvgIpc) is 2.19. The minimum atomic E-state index is -0.287. The third-order valence-corrected chi connectivity index (χ3v) is 3.39. The van der Waals surface area contributed by atoms with Gasteiger partial charge in [0.25, 0.3) is 0 Å². The van der Waals surface area contributed by atoms with Crippen LogP contribution in [0.2, 0.25) is 0 Å². The lowest BCUT2D eigenvalue weighted by Gasteiger charge is -2.29. The highest BCUT2D eigenvalue weighted by molar-refractivity contribution is 6.23. The Kier molecular flexibility index (Phi) is 2.73. The van der Waals surface area contributed by atoms with Crippen LogP contribution < -0.4 is 0 Å². The molecule has 2 nitrogen and oxygen atoms in total. The molecule has 0 amide bonds. The zero-order valence-electron chi connectivity index (χ0n) is 8.46. The highest BCUT2D eigenvalue weighted by Gasteiger charge is 2.34. The Morgan fingerprint density at radius 2 is 2.00 bits per heavy atom. The monoisotopic (exact) mass is 210 g/mol. The lowest BCUT2D eigenvalue weighted by Crippen LogP contribution is -2.25. The van der Waals surface area contributed by atoms with Crippen molar-refractivity contribution in [1.29, 1.82) is 0 Å². The molecule has 76 valence electrons. The van der Waals surface area contributed by atoms with Crippen molar-refractivity contribution in [2.45, 2.75) is 43.9 Å². The molecule has 1 fully saturated rings. The van der Waals surface area contributed by atoms with Gasteiger partial charge in [0, 0.05) is 11.9 Å². The number of alkyl halides is 1. The maximum Gasteiger partial charge on any atom is 0.149 e. The quantitative estimate of drug-likeness (QED) is 0.666. The van der Waals surface area contributed by atoms with E-state index in [2.05, 4.69) is 9.97 Å². The number of rotatable bonds is 1. The lowest BCUT2D eigenvalue weighted by molar-refractivity contribution is 0.382. The molecule has 14 heavy (non-hydrogen) atoms. The molecule has 0 unspecified atom stereocenters. The van der Waals surface area contributed by atoms with E-state index < -0.39 is 0 Å². The summed E-state index contributed by atoms with van der Waals surface area (Å²) in [7, 11) is 0. The van der Waals surface area contributed by atoms with Crippen molar-refractivity contribution in [1.82, 2.24) is 9.97 Å². The minimum absolute atomic E-state index is 0.287. The molecule has 1 aliphatic rings. The third kappa shape index (κ3) is 1.90. The molecule has 0 saturated heterocycles. The first-order valence-corrected chi connectivity index (χ1v) is 5.58. The second-order valence-electron chi connectivity index (χ2n) is 4.05. The Hall–Kier alpha value is -0.630. The Morgan fingerprint density at radius 3 is 2.64 bits per heavy atom. The van der Waals surface area contributed by atoms with E-state index in [0.717, 1.165) is 24.4 Å². The number of hydrogen-bond donors (Lipinski definition) is 0. The van der Waals surface area contributed by atoms with E-state index in [9.17, 15) is 0 Å². The largest absolute Gasteiger partial charge is 0.239 e. The molecular weight excluding hydrogens is 196 g/mol. The highest BCUT2D eigenvalue weighted by Crippen LogP contribution is 2.41. The van der Waals surface area contributed by atoms with Gasteiger partial charge in [-0.3, -0.25) is 0 Å². The Labute approximate surface area is 89.7 Å². The average molecular weight is 211 g/mol. The molecule has 0 aliphatic heterocycles. The normalized spacial score (nSPS) is 20.7. The zero-order chi connectivity index (χ0) is 10.0. The molecule has 2 rings (SSSR count). The fourth-order valence-electron chi connectivity index (χ4n) is 2.00. The van der Waals surface area contributed by atoms with Crippen molar-refractivity contribution in [3.63, 3.8) is 0 Å². The van der Waals surface area contributed by atoms with Crippen LogP contribution in [0.15, 0.2) is 12.3 Å². The first kappa shape index (κ1) is 9.91. The SMILES string of the molecule is Cc1ccnc(C2(Cl)CCCCC2)n1. The summed E-state index contributed by atoms with van der Waals surface area (Å²) in [5.74, 6) is 0.818. The molecule has 0 bridgehead atoms. The van der Waals surface area contributed by atoms with Crippen molar-refractivity contribution >= 4 is 11.6 Å². The predicted molar refractivity (Wildman–Crippen MR) is 57.4 cm³/mol. The van der Waals surface area contributed by atoms with Gasteiger partial charge < -0.3 is 0 Å². The van der Waals surface area contributed by atoms with Gasteiger partial charge in [0.1, 0.15) is 10.7 Å². The van der Waals surface area contributed by atoms with Gasteiger partial charge in [0.2, 0.25) is 0 Å². The van der Waals surface area contributed by atoms with Crippen molar-refractivity contribution in [2.75, 3.05) is 0 Å². The van der Waals surface area contributed by atoms with E-state index in [-0.39, 0.29) is 4.87 Å². The van der Waals surface area contributed by atoms with E-state index >= 15 is 0 Å². The van der Waals surface area contributed by atoms with Gasteiger partial charge in [-0.1, -0.05) is 19.3 Å². The molecule has 0 N–H and O–H groups in total. The molecule has 0 aromatic carbocycles. The summed E-state index contributed by atoms with van der Waals surface area (Å²) in [6.45, 7) is 1.98. The van der Waals surface area contributed by atoms with Crippen molar-refractivity contribution in [2.24, 2.45) is 0 Å². The van der Waals surface area contributed by atoms with Crippen LogP contribution in [0.5, 0.6) is 0 Å². The molecule has 0 spiro atoms. The molecular formula is C11H15ClN2. The number of halogens is 1. The molecule has 0 radical (unpaired) electrons.